The number of hydrogen-bond donors (Lipinski definition) is 1. The van der Waals surface area contributed by atoms with Gasteiger partial charge in [-0.15, -0.1) is 0 Å². The molecule has 1 heterocycles. The van der Waals surface area contributed by atoms with Gasteiger partial charge in [0.05, 0.1) is 5.56 Å². The number of pyridine rings is 1. The van der Waals surface area contributed by atoms with Crippen molar-refractivity contribution < 1.29 is 4.79 Å². The molecule has 0 unspecified atom stereocenters. The normalized spacial score (nSPS) is 9.07. The quantitative estimate of drug-likeness (QED) is 0.749. The first kappa shape index (κ1) is 9.99. The third-order valence-corrected chi connectivity index (χ3v) is 1.55. The van der Waals surface area contributed by atoms with E-state index >= 15 is 0 Å². The Morgan fingerprint density at radius 3 is 2.93 bits per heavy atom. The Balaban J connectivity index is 2.45. The van der Waals surface area contributed by atoms with E-state index in [1.54, 1.807) is 12.1 Å². The summed E-state index contributed by atoms with van der Waals surface area (Å²) in [7, 11) is 0. The number of nitriles is 1. The number of nitrogens with zero attached hydrogens (tertiary/aromatic N) is 2. The van der Waals surface area contributed by atoms with Crippen LogP contribution in [0.25, 0.3) is 0 Å². The van der Waals surface area contributed by atoms with Crippen molar-refractivity contribution in [2.75, 3.05) is 11.9 Å². The number of hydrogen-bond acceptors (Lipinski definition) is 4. The Bertz CT molecular complexity index is 352. The SMILES string of the molecule is N#Cc1ccc(NCCC([NH])=O)nc1. The van der Waals surface area contributed by atoms with Gasteiger partial charge in [-0.3, -0.25) is 10.5 Å². The van der Waals surface area contributed by atoms with Gasteiger partial charge in [-0.2, -0.15) is 5.26 Å². The minimum atomic E-state index is -0.605. The molecular weight excluding hydrogens is 180 g/mol. The molecule has 0 aliphatic rings. The Labute approximate surface area is 81.6 Å². The summed E-state index contributed by atoms with van der Waals surface area (Å²) in [4.78, 5) is 14.2. The van der Waals surface area contributed by atoms with E-state index in [1.807, 2.05) is 6.07 Å². The van der Waals surface area contributed by atoms with Crippen LogP contribution in [0.15, 0.2) is 18.3 Å². The maximum Gasteiger partial charge on any atom is 0.240 e. The number of rotatable bonds is 4. The monoisotopic (exact) mass is 189 g/mol. The Morgan fingerprint density at radius 2 is 2.43 bits per heavy atom. The predicted molar refractivity (Wildman–Crippen MR) is 50.2 cm³/mol. The molecule has 0 atom stereocenters. The average Bonchev–Trinajstić information content (AvgIpc) is 2.18. The standard InChI is InChI=1S/C9H9N4O/c10-5-7-1-2-9(13-6-7)12-4-3-8(11)14/h1-2,6,11H,3-4H2,(H,12,13). The van der Waals surface area contributed by atoms with Crippen molar-refractivity contribution in [1.29, 1.82) is 5.26 Å². The van der Waals surface area contributed by atoms with E-state index in [9.17, 15) is 4.79 Å². The van der Waals surface area contributed by atoms with Crippen molar-refractivity contribution in [1.82, 2.24) is 10.7 Å². The Kier molecular flexibility index (Phi) is 3.44. The average molecular weight is 189 g/mol. The summed E-state index contributed by atoms with van der Waals surface area (Å²) in [6.45, 7) is 0.390. The zero-order chi connectivity index (χ0) is 10.4. The lowest BCUT2D eigenvalue weighted by Crippen LogP contribution is -2.09. The molecule has 1 rings (SSSR count). The molecule has 5 heteroatoms. The fourth-order valence-corrected chi connectivity index (χ4v) is 0.869. The van der Waals surface area contributed by atoms with E-state index in [-0.39, 0.29) is 6.42 Å². The third kappa shape index (κ3) is 3.11. The first-order chi connectivity index (χ1) is 6.72. The van der Waals surface area contributed by atoms with Crippen molar-refractivity contribution in [3.8, 4) is 6.07 Å². The van der Waals surface area contributed by atoms with E-state index in [4.69, 9.17) is 11.0 Å². The molecule has 14 heavy (non-hydrogen) atoms. The van der Waals surface area contributed by atoms with Crippen LogP contribution >= 0.6 is 0 Å². The molecule has 0 aromatic carbocycles. The van der Waals surface area contributed by atoms with E-state index in [1.165, 1.54) is 6.20 Å². The van der Waals surface area contributed by atoms with Crippen LogP contribution in [-0.2, 0) is 4.79 Å². The molecule has 0 aliphatic heterocycles. The second-order valence-electron chi connectivity index (χ2n) is 2.64. The van der Waals surface area contributed by atoms with E-state index in [0.717, 1.165) is 0 Å². The summed E-state index contributed by atoms with van der Waals surface area (Å²) in [6, 6.07) is 5.25. The predicted octanol–water partition coefficient (Wildman–Crippen LogP) is 0.565. The highest BCUT2D eigenvalue weighted by Crippen LogP contribution is 2.03. The zero-order valence-electron chi connectivity index (χ0n) is 7.45. The Hall–Kier alpha value is -2.09. The molecule has 0 bridgehead atoms. The van der Waals surface area contributed by atoms with E-state index < -0.39 is 5.91 Å². The minimum Gasteiger partial charge on any atom is -0.370 e. The molecule has 0 fully saturated rings. The van der Waals surface area contributed by atoms with Gasteiger partial charge in [-0.1, -0.05) is 0 Å². The molecular formula is C9H9N4O. The van der Waals surface area contributed by atoms with Gasteiger partial charge in [0.1, 0.15) is 11.9 Å². The molecule has 2 N–H and O–H groups in total. The number of carbonyl (C=O) groups excluding carboxylic acids is 1. The first-order valence-corrected chi connectivity index (χ1v) is 4.07. The van der Waals surface area contributed by atoms with Crippen LogP contribution < -0.4 is 11.1 Å². The molecule has 1 aromatic rings. The third-order valence-electron chi connectivity index (χ3n) is 1.55. The number of anilines is 1. The smallest absolute Gasteiger partial charge is 0.240 e. The number of carbonyl (C=O) groups is 1. The summed E-state index contributed by atoms with van der Waals surface area (Å²) in [5, 5.41) is 11.4. The molecule has 0 saturated carbocycles. The second kappa shape index (κ2) is 4.82. The van der Waals surface area contributed by atoms with Crippen molar-refractivity contribution in [2.45, 2.75) is 6.42 Å². The van der Waals surface area contributed by atoms with Crippen LogP contribution in [0.1, 0.15) is 12.0 Å². The number of amides is 1. The van der Waals surface area contributed by atoms with Gasteiger partial charge in [-0.05, 0) is 12.1 Å². The minimum absolute atomic E-state index is 0.154. The molecule has 71 valence electrons. The largest absolute Gasteiger partial charge is 0.370 e. The zero-order valence-corrected chi connectivity index (χ0v) is 7.45. The van der Waals surface area contributed by atoms with Crippen LogP contribution in [0.3, 0.4) is 0 Å². The van der Waals surface area contributed by atoms with Crippen molar-refractivity contribution in [3.63, 3.8) is 0 Å². The molecule has 0 spiro atoms. The summed E-state index contributed by atoms with van der Waals surface area (Å²) in [5.74, 6) is -0.00334. The topological polar surface area (TPSA) is 89.6 Å². The fourth-order valence-electron chi connectivity index (χ4n) is 0.869. The number of nitrogens with one attached hydrogen (secondary N) is 2. The van der Waals surface area contributed by atoms with Crippen molar-refractivity contribution in [2.24, 2.45) is 0 Å². The van der Waals surface area contributed by atoms with Crippen molar-refractivity contribution >= 4 is 11.7 Å². The van der Waals surface area contributed by atoms with Gasteiger partial charge in [0.2, 0.25) is 5.91 Å². The lowest BCUT2D eigenvalue weighted by Gasteiger charge is -2.02. The van der Waals surface area contributed by atoms with Crippen LogP contribution in [0, 0.1) is 11.3 Å². The van der Waals surface area contributed by atoms with Crippen LogP contribution in [-0.4, -0.2) is 17.4 Å². The Morgan fingerprint density at radius 1 is 1.64 bits per heavy atom. The van der Waals surface area contributed by atoms with Gasteiger partial charge < -0.3 is 5.32 Å². The van der Waals surface area contributed by atoms with Gasteiger partial charge in [-0.25, -0.2) is 4.98 Å². The highest BCUT2D eigenvalue weighted by Gasteiger charge is 1.96. The summed E-state index contributed by atoms with van der Waals surface area (Å²) in [5.41, 5.74) is 7.16. The van der Waals surface area contributed by atoms with Crippen molar-refractivity contribution in [3.05, 3.63) is 23.9 Å². The molecule has 5 nitrogen and oxygen atoms in total. The van der Waals surface area contributed by atoms with Crippen LogP contribution in [0.4, 0.5) is 5.82 Å². The van der Waals surface area contributed by atoms with Crippen LogP contribution in [0.2, 0.25) is 0 Å². The van der Waals surface area contributed by atoms with Gasteiger partial charge in [0, 0.05) is 19.2 Å². The van der Waals surface area contributed by atoms with Crippen LogP contribution in [0.5, 0.6) is 0 Å². The highest BCUT2D eigenvalue weighted by atomic mass is 16.1. The molecule has 0 saturated heterocycles. The molecule has 1 radical (unpaired) electrons. The maximum absolute atomic E-state index is 10.3. The molecule has 1 aromatic heterocycles. The molecule has 1 amide bonds. The molecule has 0 aliphatic carbocycles. The van der Waals surface area contributed by atoms with E-state index in [2.05, 4.69) is 10.3 Å². The van der Waals surface area contributed by atoms with Gasteiger partial charge in [0.25, 0.3) is 0 Å². The summed E-state index contributed by atoms with van der Waals surface area (Å²) < 4.78 is 0. The fraction of sp³-hybridized carbons (Fsp3) is 0.222. The second-order valence-corrected chi connectivity index (χ2v) is 2.64. The van der Waals surface area contributed by atoms with Gasteiger partial charge in [0.15, 0.2) is 0 Å². The lowest BCUT2D eigenvalue weighted by molar-refractivity contribution is -0.118. The summed E-state index contributed by atoms with van der Waals surface area (Å²) in [6.07, 6.45) is 1.60. The number of aromatic nitrogens is 1. The highest BCUT2D eigenvalue weighted by molar-refractivity contribution is 5.73. The maximum atomic E-state index is 10.3. The summed E-state index contributed by atoms with van der Waals surface area (Å²) >= 11 is 0. The van der Waals surface area contributed by atoms with E-state index in [0.29, 0.717) is 17.9 Å². The van der Waals surface area contributed by atoms with Gasteiger partial charge >= 0.3 is 0 Å². The first-order valence-electron chi connectivity index (χ1n) is 4.07. The lowest BCUT2D eigenvalue weighted by atomic mass is 10.3.